The fourth-order valence-corrected chi connectivity index (χ4v) is 6.13. The van der Waals surface area contributed by atoms with E-state index in [-0.39, 0.29) is 35.6 Å². The molecule has 0 aromatic heterocycles. The first kappa shape index (κ1) is 25.6. The van der Waals surface area contributed by atoms with Crippen LogP contribution in [0.4, 0.5) is 0 Å². The minimum absolute atomic E-state index is 0.114. The highest BCUT2D eigenvalue weighted by molar-refractivity contribution is 7.89. The molecular formula is C24H38N4O4S. The minimum Gasteiger partial charge on any atom is -0.356 e. The highest BCUT2D eigenvalue weighted by Crippen LogP contribution is 2.21. The van der Waals surface area contributed by atoms with Crippen LogP contribution < -0.4 is 5.32 Å². The summed E-state index contributed by atoms with van der Waals surface area (Å²) in [6, 6.07) is 8.32. The lowest BCUT2D eigenvalue weighted by molar-refractivity contribution is -0.138. The molecule has 2 aliphatic rings. The molecule has 0 bridgehead atoms. The van der Waals surface area contributed by atoms with E-state index in [2.05, 4.69) is 24.1 Å². The van der Waals surface area contributed by atoms with Crippen LogP contribution in [0.5, 0.6) is 0 Å². The molecule has 0 aliphatic carbocycles. The average molecular weight is 479 g/mol. The Hall–Kier alpha value is -1.97. The lowest BCUT2D eigenvalue weighted by Gasteiger charge is -2.37. The van der Waals surface area contributed by atoms with Crippen molar-refractivity contribution in [3.8, 4) is 0 Å². The van der Waals surface area contributed by atoms with Crippen LogP contribution in [0, 0.1) is 11.8 Å². The van der Waals surface area contributed by atoms with Gasteiger partial charge in [-0.05, 0) is 37.3 Å². The van der Waals surface area contributed by atoms with E-state index in [1.807, 2.05) is 4.90 Å². The lowest BCUT2D eigenvalue weighted by atomic mass is 9.97. The first-order valence-electron chi connectivity index (χ1n) is 12.1. The Balaban J connectivity index is 1.64. The number of benzene rings is 1. The molecule has 184 valence electrons. The van der Waals surface area contributed by atoms with Crippen molar-refractivity contribution >= 4 is 21.8 Å². The fraction of sp³-hybridized carbons (Fsp3) is 0.667. The van der Waals surface area contributed by atoms with E-state index in [0.717, 1.165) is 32.7 Å². The second kappa shape index (κ2) is 11.9. The van der Waals surface area contributed by atoms with Gasteiger partial charge in [-0.25, -0.2) is 8.42 Å². The summed E-state index contributed by atoms with van der Waals surface area (Å²) in [6.45, 7) is 9.55. The normalized spacial score (nSPS) is 22.6. The zero-order valence-corrected chi connectivity index (χ0v) is 20.7. The summed E-state index contributed by atoms with van der Waals surface area (Å²) in [5, 5.41) is 2.87. The molecule has 3 rings (SSSR count). The van der Waals surface area contributed by atoms with Gasteiger partial charge in [0.1, 0.15) is 0 Å². The maximum Gasteiger partial charge on any atom is 0.243 e. The molecular weight excluding hydrogens is 440 g/mol. The Morgan fingerprint density at radius 1 is 1.03 bits per heavy atom. The molecule has 33 heavy (non-hydrogen) atoms. The monoisotopic (exact) mass is 478 g/mol. The fourth-order valence-electron chi connectivity index (χ4n) is 4.62. The van der Waals surface area contributed by atoms with Crippen molar-refractivity contribution in [3.63, 3.8) is 0 Å². The van der Waals surface area contributed by atoms with Crippen molar-refractivity contribution in [3.05, 3.63) is 30.3 Å². The smallest absolute Gasteiger partial charge is 0.243 e. The quantitative estimate of drug-likeness (QED) is 0.697. The number of carbonyl (C=O) groups excluding carboxylic acids is 2. The van der Waals surface area contributed by atoms with E-state index in [0.29, 0.717) is 38.3 Å². The largest absolute Gasteiger partial charge is 0.356 e. The van der Waals surface area contributed by atoms with Crippen LogP contribution >= 0.6 is 0 Å². The Morgan fingerprint density at radius 2 is 1.73 bits per heavy atom. The van der Waals surface area contributed by atoms with Crippen molar-refractivity contribution in [2.75, 3.05) is 52.4 Å². The molecule has 9 heteroatoms. The topological polar surface area (TPSA) is 90.0 Å². The van der Waals surface area contributed by atoms with Gasteiger partial charge in [-0.15, -0.1) is 0 Å². The molecule has 1 atom stereocenters. The number of rotatable bonds is 5. The molecule has 0 spiro atoms. The molecule has 0 radical (unpaired) electrons. The summed E-state index contributed by atoms with van der Waals surface area (Å²) in [5.41, 5.74) is 0. The van der Waals surface area contributed by atoms with Crippen LogP contribution in [0.3, 0.4) is 0 Å². The van der Waals surface area contributed by atoms with Crippen LogP contribution in [-0.2, 0) is 19.6 Å². The first-order valence-corrected chi connectivity index (χ1v) is 13.5. The zero-order chi connectivity index (χ0) is 23.8. The van der Waals surface area contributed by atoms with Gasteiger partial charge >= 0.3 is 0 Å². The summed E-state index contributed by atoms with van der Waals surface area (Å²) in [5.74, 6) is 0.346. The van der Waals surface area contributed by atoms with Gasteiger partial charge in [-0.2, -0.15) is 4.31 Å². The highest BCUT2D eigenvalue weighted by Gasteiger charge is 2.30. The van der Waals surface area contributed by atoms with Gasteiger partial charge in [0.15, 0.2) is 0 Å². The van der Waals surface area contributed by atoms with Crippen molar-refractivity contribution in [2.24, 2.45) is 11.8 Å². The second-order valence-corrected chi connectivity index (χ2v) is 11.4. The van der Waals surface area contributed by atoms with Crippen LogP contribution in [-0.4, -0.2) is 86.7 Å². The van der Waals surface area contributed by atoms with Crippen molar-refractivity contribution in [1.82, 2.24) is 19.4 Å². The molecule has 2 fully saturated rings. The van der Waals surface area contributed by atoms with E-state index in [1.54, 1.807) is 30.3 Å². The number of carbonyl (C=O) groups is 2. The number of nitrogens with zero attached hydrogens (tertiary/aromatic N) is 3. The lowest BCUT2D eigenvalue weighted by Crippen LogP contribution is -2.51. The Labute approximate surface area is 198 Å². The van der Waals surface area contributed by atoms with Gasteiger partial charge in [-0.3, -0.25) is 14.5 Å². The van der Waals surface area contributed by atoms with Crippen molar-refractivity contribution in [2.45, 2.75) is 44.4 Å². The Kier molecular flexibility index (Phi) is 9.28. The molecule has 2 saturated heterocycles. The summed E-state index contributed by atoms with van der Waals surface area (Å²) >= 11 is 0. The van der Waals surface area contributed by atoms with Crippen LogP contribution in [0.2, 0.25) is 0 Å². The second-order valence-electron chi connectivity index (χ2n) is 9.46. The third-order valence-corrected chi connectivity index (χ3v) is 8.31. The molecule has 1 aromatic carbocycles. The summed E-state index contributed by atoms with van der Waals surface area (Å²) in [4.78, 5) is 30.1. The highest BCUT2D eigenvalue weighted by atomic mass is 32.2. The molecule has 2 aliphatic heterocycles. The van der Waals surface area contributed by atoms with Gasteiger partial charge in [0, 0.05) is 64.7 Å². The SMILES string of the molecule is CC(C)CN1CCN(C(=O)C2CCCN(S(=O)(=O)c3ccccc3)CCC(=O)NCC2)CC1. The number of piperazine rings is 1. The summed E-state index contributed by atoms with van der Waals surface area (Å²) in [7, 11) is -3.69. The van der Waals surface area contributed by atoms with Gasteiger partial charge in [-0.1, -0.05) is 32.0 Å². The molecule has 1 N–H and O–H groups in total. The average Bonchev–Trinajstić information content (AvgIpc) is 2.84. The van der Waals surface area contributed by atoms with E-state index >= 15 is 0 Å². The molecule has 2 amide bonds. The van der Waals surface area contributed by atoms with E-state index in [4.69, 9.17) is 0 Å². The summed E-state index contributed by atoms with van der Waals surface area (Å²) < 4.78 is 27.6. The molecule has 1 aromatic rings. The standard InChI is InChI=1S/C24H38N4O4S/c1-20(2)19-26-15-17-27(18-16-26)24(30)21-7-6-13-28(14-11-23(29)25-12-10-21)33(31,32)22-8-4-3-5-9-22/h3-5,8-9,20-21H,6-7,10-19H2,1-2H3,(H,25,29). The predicted octanol–water partition coefficient (Wildman–Crippen LogP) is 1.78. The van der Waals surface area contributed by atoms with Crippen LogP contribution in [0.1, 0.15) is 39.5 Å². The van der Waals surface area contributed by atoms with Gasteiger partial charge in [0.2, 0.25) is 21.8 Å². The predicted molar refractivity (Wildman–Crippen MR) is 128 cm³/mol. The third-order valence-electron chi connectivity index (χ3n) is 6.40. The zero-order valence-electron chi connectivity index (χ0n) is 19.9. The Morgan fingerprint density at radius 3 is 2.39 bits per heavy atom. The minimum atomic E-state index is -3.69. The number of nitrogens with one attached hydrogen (secondary N) is 1. The summed E-state index contributed by atoms with van der Waals surface area (Å²) in [6.07, 6.45) is 1.90. The number of hydrogen-bond acceptors (Lipinski definition) is 5. The van der Waals surface area contributed by atoms with Crippen LogP contribution in [0.25, 0.3) is 0 Å². The number of hydrogen-bond donors (Lipinski definition) is 1. The number of amides is 2. The van der Waals surface area contributed by atoms with Gasteiger partial charge < -0.3 is 10.2 Å². The molecule has 0 saturated carbocycles. The van der Waals surface area contributed by atoms with E-state index < -0.39 is 10.0 Å². The molecule has 1 unspecified atom stereocenters. The number of sulfonamides is 1. The maximum atomic E-state index is 13.3. The first-order chi connectivity index (χ1) is 15.8. The maximum absolute atomic E-state index is 13.3. The van der Waals surface area contributed by atoms with E-state index in [1.165, 1.54) is 4.31 Å². The van der Waals surface area contributed by atoms with Gasteiger partial charge in [0.05, 0.1) is 4.90 Å². The van der Waals surface area contributed by atoms with Crippen molar-refractivity contribution in [1.29, 1.82) is 0 Å². The van der Waals surface area contributed by atoms with Gasteiger partial charge in [0.25, 0.3) is 0 Å². The third kappa shape index (κ3) is 7.25. The van der Waals surface area contributed by atoms with Crippen molar-refractivity contribution < 1.29 is 18.0 Å². The Bertz CT molecular complexity index is 883. The molecule has 8 nitrogen and oxygen atoms in total. The molecule has 2 heterocycles. The van der Waals surface area contributed by atoms with Crippen LogP contribution in [0.15, 0.2) is 35.2 Å². The van der Waals surface area contributed by atoms with E-state index in [9.17, 15) is 18.0 Å².